The molecule has 0 saturated heterocycles. The highest BCUT2D eigenvalue weighted by Gasteiger charge is 2.32. The number of nitrogens with zero attached hydrogens (tertiary/aromatic N) is 2. The molecule has 0 spiro atoms. The molecule has 1 heterocycles. The normalized spacial score (nSPS) is 17.4. The van der Waals surface area contributed by atoms with Crippen molar-refractivity contribution in [1.29, 1.82) is 0 Å². The van der Waals surface area contributed by atoms with Gasteiger partial charge >= 0.3 is 0 Å². The zero-order chi connectivity index (χ0) is 13.7. The number of aromatic nitrogens is 2. The van der Waals surface area contributed by atoms with E-state index in [1.807, 2.05) is 18.0 Å². The van der Waals surface area contributed by atoms with Crippen LogP contribution in [0, 0.1) is 6.92 Å². The van der Waals surface area contributed by atoms with Crippen LogP contribution in [0.5, 0.6) is 0 Å². The maximum atomic E-state index is 4.55. The minimum absolute atomic E-state index is 0.399. The lowest BCUT2D eigenvalue weighted by Gasteiger charge is -2.27. The fourth-order valence-electron chi connectivity index (χ4n) is 2.58. The van der Waals surface area contributed by atoms with E-state index in [4.69, 9.17) is 0 Å². The minimum atomic E-state index is 0.399. The Balaban J connectivity index is 2.03. The summed E-state index contributed by atoms with van der Waals surface area (Å²) >= 11 is 2.00. The van der Waals surface area contributed by atoms with Crippen LogP contribution in [0.15, 0.2) is 6.20 Å². The van der Waals surface area contributed by atoms with Crippen molar-refractivity contribution in [3.8, 4) is 0 Å². The number of aryl methyl sites for hydroxylation is 1. The molecule has 1 aromatic heterocycles. The van der Waals surface area contributed by atoms with Crippen LogP contribution in [0.2, 0.25) is 0 Å². The van der Waals surface area contributed by atoms with Gasteiger partial charge in [-0.25, -0.2) is 4.98 Å². The highest BCUT2D eigenvalue weighted by Crippen LogP contribution is 2.40. The second-order valence-corrected chi connectivity index (χ2v) is 6.48. The molecule has 0 amide bonds. The van der Waals surface area contributed by atoms with E-state index in [9.17, 15) is 0 Å². The van der Waals surface area contributed by atoms with Crippen molar-refractivity contribution < 1.29 is 0 Å². The molecule has 19 heavy (non-hydrogen) atoms. The van der Waals surface area contributed by atoms with E-state index >= 15 is 0 Å². The molecular formula is C14H24N4S. The van der Waals surface area contributed by atoms with Crippen molar-refractivity contribution >= 4 is 23.5 Å². The zero-order valence-corrected chi connectivity index (χ0v) is 12.9. The first-order chi connectivity index (χ1) is 9.19. The molecule has 0 bridgehead atoms. The predicted octanol–water partition coefficient (Wildman–Crippen LogP) is 3.30. The number of thioether (sulfide) groups is 1. The van der Waals surface area contributed by atoms with Crippen LogP contribution in [0.25, 0.3) is 0 Å². The largest absolute Gasteiger partial charge is 0.368 e. The van der Waals surface area contributed by atoms with Crippen molar-refractivity contribution in [2.45, 2.75) is 44.3 Å². The van der Waals surface area contributed by atoms with Crippen molar-refractivity contribution in [2.24, 2.45) is 0 Å². The summed E-state index contributed by atoms with van der Waals surface area (Å²) in [7, 11) is 0. The summed E-state index contributed by atoms with van der Waals surface area (Å²) < 4.78 is 0.399. The quantitative estimate of drug-likeness (QED) is 0.837. The maximum absolute atomic E-state index is 4.55. The van der Waals surface area contributed by atoms with Crippen LogP contribution < -0.4 is 10.6 Å². The van der Waals surface area contributed by atoms with Crippen molar-refractivity contribution in [2.75, 3.05) is 30.0 Å². The SMILES string of the molecule is CCNc1ncc(C)c(NCC2(SC)CCCC2)n1. The molecule has 0 unspecified atom stereocenters. The molecule has 0 aromatic carbocycles. The summed E-state index contributed by atoms with van der Waals surface area (Å²) in [6.45, 7) is 5.95. The summed E-state index contributed by atoms with van der Waals surface area (Å²) in [5.41, 5.74) is 1.11. The third kappa shape index (κ3) is 3.53. The summed E-state index contributed by atoms with van der Waals surface area (Å²) in [4.78, 5) is 8.82. The van der Waals surface area contributed by atoms with Crippen LogP contribution in [0.4, 0.5) is 11.8 Å². The molecule has 1 aromatic rings. The molecule has 5 heteroatoms. The number of hydrogen-bond acceptors (Lipinski definition) is 5. The number of nitrogens with one attached hydrogen (secondary N) is 2. The predicted molar refractivity (Wildman–Crippen MR) is 84.1 cm³/mol. The summed E-state index contributed by atoms with van der Waals surface area (Å²) in [6.07, 6.45) is 9.44. The Bertz CT molecular complexity index is 416. The third-order valence-corrected chi connectivity index (χ3v) is 5.25. The first-order valence-electron chi connectivity index (χ1n) is 7.05. The van der Waals surface area contributed by atoms with E-state index in [2.05, 4.69) is 40.7 Å². The summed E-state index contributed by atoms with van der Waals surface area (Å²) in [5, 5.41) is 6.69. The van der Waals surface area contributed by atoms with Crippen LogP contribution in [-0.2, 0) is 0 Å². The number of hydrogen-bond donors (Lipinski definition) is 2. The van der Waals surface area contributed by atoms with Gasteiger partial charge in [0.1, 0.15) is 5.82 Å². The molecule has 1 aliphatic rings. The number of rotatable bonds is 6. The van der Waals surface area contributed by atoms with Crippen LogP contribution in [0.1, 0.15) is 38.2 Å². The monoisotopic (exact) mass is 280 g/mol. The van der Waals surface area contributed by atoms with Gasteiger partial charge in [0, 0.05) is 29.6 Å². The Morgan fingerprint density at radius 1 is 1.32 bits per heavy atom. The smallest absolute Gasteiger partial charge is 0.224 e. The van der Waals surface area contributed by atoms with Crippen LogP contribution in [-0.4, -0.2) is 34.1 Å². The zero-order valence-electron chi connectivity index (χ0n) is 12.1. The van der Waals surface area contributed by atoms with E-state index in [-0.39, 0.29) is 0 Å². The van der Waals surface area contributed by atoms with Crippen LogP contribution in [0.3, 0.4) is 0 Å². The van der Waals surface area contributed by atoms with E-state index in [1.54, 1.807) is 0 Å². The molecule has 2 N–H and O–H groups in total. The average Bonchev–Trinajstić information content (AvgIpc) is 2.89. The lowest BCUT2D eigenvalue weighted by molar-refractivity contribution is 0.638. The highest BCUT2D eigenvalue weighted by atomic mass is 32.2. The summed E-state index contributed by atoms with van der Waals surface area (Å²) in [5.74, 6) is 1.67. The van der Waals surface area contributed by atoms with Gasteiger partial charge in [-0.3, -0.25) is 0 Å². The van der Waals surface area contributed by atoms with E-state index in [0.29, 0.717) is 10.7 Å². The van der Waals surface area contributed by atoms with Gasteiger partial charge in [0.05, 0.1) is 0 Å². The Labute approximate surface area is 120 Å². The molecule has 0 aliphatic heterocycles. The molecule has 4 nitrogen and oxygen atoms in total. The second kappa shape index (κ2) is 6.46. The van der Waals surface area contributed by atoms with Gasteiger partial charge in [-0.15, -0.1) is 0 Å². The highest BCUT2D eigenvalue weighted by molar-refractivity contribution is 8.00. The van der Waals surface area contributed by atoms with Gasteiger partial charge in [0.2, 0.25) is 5.95 Å². The van der Waals surface area contributed by atoms with Crippen molar-refractivity contribution in [3.63, 3.8) is 0 Å². The molecule has 1 saturated carbocycles. The Hall–Kier alpha value is -0.970. The first kappa shape index (κ1) is 14.4. The maximum Gasteiger partial charge on any atom is 0.224 e. The fraction of sp³-hybridized carbons (Fsp3) is 0.714. The van der Waals surface area contributed by atoms with Crippen molar-refractivity contribution in [3.05, 3.63) is 11.8 Å². The lowest BCUT2D eigenvalue weighted by atomic mass is 10.1. The van der Waals surface area contributed by atoms with E-state index < -0.39 is 0 Å². The van der Waals surface area contributed by atoms with E-state index in [1.165, 1.54) is 25.7 Å². The van der Waals surface area contributed by atoms with Crippen LogP contribution >= 0.6 is 11.8 Å². The molecular weight excluding hydrogens is 256 g/mol. The molecule has 1 fully saturated rings. The van der Waals surface area contributed by atoms with Gasteiger partial charge in [-0.2, -0.15) is 16.7 Å². The second-order valence-electron chi connectivity index (χ2n) is 5.20. The number of anilines is 2. The van der Waals surface area contributed by atoms with Gasteiger partial charge in [-0.1, -0.05) is 12.8 Å². The first-order valence-corrected chi connectivity index (χ1v) is 8.28. The van der Waals surface area contributed by atoms with Gasteiger partial charge in [-0.05, 0) is 32.9 Å². The Morgan fingerprint density at radius 2 is 2.05 bits per heavy atom. The molecule has 2 rings (SSSR count). The molecule has 1 aliphatic carbocycles. The third-order valence-electron chi connectivity index (χ3n) is 3.83. The lowest BCUT2D eigenvalue weighted by Crippen LogP contribution is -2.30. The van der Waals surface area contributed by atoms with Gasteiger partial charge < -0.3 is 10.6 Å². The Morgan fingerprint density at radius 3 is 2.68 bits per heavy atom. The molecule has 0 radical (unpaired) electrons. The van der Waals surface area contributed by atoms with E-state index in [0.717, 1.165) is 24.5 Å². The van der Waals surface area contributed by atoms with Gasteiger partial charge in [0.15, 0.2) is 0 Å². The fourth-order valence-corrected chi connectivity index (χ4v) is 3.49. The summed E-state index contributed by atoms with van der Waals surface area (Å²) in [6, 6.07) is 0. The standard InChI is InChI=1S/C14H24N4S/c1-4-15-13-16-9-11(2)12(18-13)17-10-14(19-3)7-5-6-8-14/h9H,4-8,10H2,1-3H3,(H2,15,16,17,18). The topological polar surface area (TPSA) is 49.8 Å². The van der Waals surface area contributed by atoms with Gasteiger partial charge in [0.25, 0.3) is 0 Å². The Kier molecular flexibility index (Phi) is 4.91. The molecule has 106 valence electrons. The minimum Gasteiger partial charge on any atom is -0.368 e. The molecule has 0 atom stereocenters. The van der Waals surface area contributed by atoms with Crippen molar-refractivity contribution in [1.82, 2.24) is 9.97 Å². The average molecular weight is 280 g/mol.